The van der Waals surface area contributed by atoms with Crippen molar-refractivity contribution in [1.29, 1.82) is 0 Å². The van der Waals surface area contributed by atoms with Crippen LogP contribution in [0.5, 0.6) is 0 Å². The van der Waals surface area contributed by atoms with Crippen LogP contribution in [0.1, 0.15) is 36.2 Å². The van der Waals surface area contributed by atoms with Crippen LogP contribution in [0.25, 0.3) is 22.2 Å². The molecule has 0 aliphatic carbocycles. The predicted octanol–water partition coefficient (Wildman–Crippen LogP) is 3.76. The Morgan fingerprint density at radius 2 is 1.86 bits per heavy atom. The number of carbonyl (C=O) groups excluding carboxylic acids is 3. The Labute approximate surface area is 210 Å². The van der Waals surface area contributed by atoms with Gasteiger partial charge in [-0.25, -0.2) is 9.78 Å². The summed E-state index contributed by atoms with van der Waals surface area (Å²) in [5.74, 6) is -0.281. The summed E-state index contributed by atoms with van der Waals surface area (Å²) < 4.78 is 5.19. The van der Waals surface area contributed by atoms with E-state index in [1.807, 2.05) is 50.2 Å². The lowest BCUT2D eigenvalue weighted by atomic mass is 10.0. The molecule has 4 rings (SSSR count). The van der Waals surface area contributed by atoms with E-state index >= 15 is 0 Å². The van der Waals surface area contributed by atoms with Crippen molar-refractivity contribution in [2.24, 2.45) is 5.73 Å². The molecule has 1 aromatic heterocycles. The highest BCUT2D eigenvalue weighted by Crippen LogP contribution is 2.27. The molecule has 188 valence electrons. The molecule has 2 heterocycles. The number of aryl methyl sites for hydroxylation is 1. The first-order valence-electron chi connectivity index (χ1n) is 12.0. The van der Waals surface area contributed by atoms with Gasteiger partial charge in [0.15, 0.2) is 0 Å². The maximum absolute atomic E-state index is 13.3. The monoisotopic (exact) mass is 489 g/mol. The Morgan fingerprint density at radius 3 is 2.53 bits per heavy atom. The predicted molar refractivity (Wildman–Crippen MR) is 138 cm³/mol. The number of carbonyl (C=O) groups is 3. The van der Waals surface area contributed by atoms with Crippen LogP contribution in [-0.2, 0) is 9.53 Å². The third-order valence-electron chi connectivity index (χ3n) is 6.13. The molecule has 9 nitrogen and oxygen atoms in total. The highest BCUT2D eigenvalue weighted by Gasteiger charge is 2.31. The molecular weight excluding hydrogens is 458 g/mol. The summed E-state index contributed by atoms with van der Waals surface area (Å²) in [6.45, 7) is 6.67. The van der Waals surface area contributed by atoms with Crippen molar-refractivity contribution in [3.63, 3.8) is 0 Å². The molecule has 3 N–H and O–H groups in total. The van der Waals surface area contributed by atoms with Gasteiger partial charge in [0.1, 0.15) is 6.17 Å². The first-order chi connectivity index (χ1) is 17.3. The van der Waals surface area contributed by atoms with Gasteiger partial charge in [0, 0.05) is 42.2 Å². The van der Waals surface area contributed by atoms with Gasteiger partial charge in [0.25, 0.3) is 5.91 Å². The quantitative estimate of drug-likeness (QED) is 0.564. The van der Waals surface area contributed by atoms with E-state index in [9.17, 15) is 14.4 Å². The van der Waals surface area contributed by atoms with Crippen LogP contribution < -0.4 is 11.1 Å². The summed E-state index contributed by atoms with van der Waals surface area (Å²) in [4.78, 5) is 44.7. The molecule has 1 saturated heterocycles. The molecule has 1 aliphatic rings. The number of nitrogens with two attached hydrogens (primary N) is 1. The zero-order chi connectivity index (χ0) is 25.8. The van der Waals surface area contributed by atoms with Crippen molar-refractivity contribution < 1.29 is 19.1 Å². The van der Waals surface area contributed by atoms with Crippen molar-refractivity contribution in [2.45, 2.75) is 33.4 Å². The lowest BCUT2D eigenvalue weighted by Gasteiger charge is -2.38. The van der Waals surface area contributed by atoms with Gasteiger partial charge in [0.2, 0.25) is 5.91 Å². The average Bonchev–Trinajstić information content (AvgIpc) is 2.86. The second kappa shape index (κ2) is 10.7. The van der Waals surface area contributed by atoms with Gasteiger partial charge in [0.05, 0.1) is 24.4 Å². The number of nitrogens with zero attached hydrogens (tertiary/aromatic N) is 3. The largest absolute Gasteiger partial charge is 0.449 e. The Balaban J connectivity index is 1.54. The number of nitrogens with one attached hydrogen (secondary N) is 1. The third kappa shape index (κ3) is 5.46. The van der Waals surface area contributed by atoms with E-state index in [0.29, 0.717) is 36.5 Å². The number of rotatable bonds is 5. The van der Waals surface area contributed by atoms with Gasteiger partial charge in [-0.05, 0) is 49.2 Å². The van der Waals surface area contributed by atoms with E-state index in [4.69, 9.17) is 15.5 Å². The van der Waals surface area contributed by atoms with E-state index in [-0.39, 0.29) is 18.4 Å². The Kier molecular flexibility index (Phi) is 7.49. The topological polar surface area (TPSA) is 118 Å². The minimum atomic E-state index is -0.625. The van der Waals surface area contributed by atoms with Crippen molar-refractivity contribution in [3.8, 4) is 11.3 Å². The minimum absolute atomic E-state index is 0.126. The summed E-state index contributed by atoms with van der Waals surface area (Å²) in [5, 5.41) is 3.72. The zero-order valence-corrected chi connectivity index (χ0v) is 20.8. The van der Waals surface area contributed by atoms with Crippen LogP contribution in [0.3, 0.4) is 0 Å². The van der Waals surface area contributed by atoms with Crippen LogP contribution in [0.2, 0.25) is 0 Å². The molecule has 0 spiro atoms. The SMILES string of the molecule is CCCOC(=O)N1CCN(C(=O)c2ccc3c(C)cc(-c4ccc(NC(C)=O)cc4)nc3c2)C[C@H]1N. The van der Waals surface area contributed by atoms with Crippen LogP contribution in [0.15, 0.2) is 48.5 Å². The number of anilines is 1. The molecule has 1 fully saturated rings. The standard InChI is InChI=1S/C27H31N5O4/c1-4-13-36-27(35)32-12-11-31(16-25(32)28)26(34)20-7-10-22-17(2)14-23(30-24(22)15-20)19-5-8-21(9-6-19)29-18(3)33/h5-10,14-15,25H,4,11-13,16,28H2,1-3H3,(H,29,33)/t25-/m0/s1. The van der Waals surface area contributed by atoms with Crippen LogP contribution in [0.4, 0.5) is 10.5 Å². The number of piperazine rings is 1. The van der Waals surface area contributed by atoms with Crippen molar-refractivity contribution in [2.75, 3.05) is 31.6 Å². The lowest BCUT2D eigenvalue weighted by Crippen LogP contribution is -2.60. The number of aromatic nitrogens is 1. The molecule has 1 aliphatic heterocycles. The average molecular weight is 490 g/mol. The van der Waals surface area contributed by atoms with Gasteiger partial charge in [-0.15, -0.1) is 0 Å². The van der Waals surface area contributed by atoms with Gasteiger partial charge < -0.3 is 20.7 Å². The highest BCUT2D eigenvalue weighted by molar-refractivity contribution is 5.99. The molecule has 0 unspecified atom stereocenters. The second-order valence-electron chi connectivity index (χ2n) is 8.94. The zero-order valence-electron chi connectivity index (χ0n) is 20.8. The Morgan fingerprint density at radius 1 is 1.11 bits per heavy atom. The summed E-state index contributed by atoms with van der Waals surface area (Å²) in [6.07, 6.45) is -0.335. The normalized spacial score (nSPS) is 15.6. The summed E-state index contributed by atoms with van der Waals surface area (Å²) >= 11 is 0. The summed E-state index contributed by atoms with van der Waals surface area (Å²) in [6, 6.07) is 15.0. The van der Waals surface area contributed by atoms with E-state index in [1.165, 1.54) is 11.8 Å². The smallest absolute Gasteiger partial charge is 0.411 e. The molecule has 3 aromatic rings. The number of amides is 3. The minimum Gasteiger partial charge on any atom is -0.449 e. The fourth-order valence-electron chi connectivity index (χ4n) is 4.29. The molecule has 36 heavy (non-hydrogen) atoms. The number of hydrogen-bond donors (Lipinski definition) is 2. The van der Waals surface area contributed by atoms with Gasteiger partial charge >= 0.3 is 6.09 Å². The molecule has 0 saturated carbocycles. The van der Waals surface area contributed by atoms with Crippen LogP contribution in [0, 0.1) is 6.92 Å². The third-order valence-corrected chi connectivity index (χ3v) is 6.13. The molecular formula is C27H31N5O4. The Hall–Kier alpha value is -3.98. The van der Waals surface area contributed by atoms with E-state index in [0.717, 1.165) is 28.6 Å². The van der Waals surface area contributed by atoms with Gasteiger partial charge in [-0.2, -0.15) is 0 Å². The number of hydrogen-bond acceptors (Lipinski definition) is 6. The molecule has 3 amide bonds. The van der Waals surface area contributed by atoms with Crippen LogP contribution >= 0.6 is 0 Å². The van der Waals surface area contributed by atoms with E-state index < -0.39 is 12.3 Å². The molecule has 9 heteroatoms. The van der Waals surface area contributed by atoms with Gasteiger partial charge in [-0.1, -0.05) is 25.1 Å². The maximum atomic E-state index is 13.3. The molecule has 0 bridgehead atoms. The van der Waals surface area contributed by atoms with Crippen molar-refractivity contribution >= 4 is 34.5 Å². The lowest BCUT2D eigenvalue weighted by molar-refractivity contribution is -0.114. The molecule has 0 radical (unpaired) electrons. The van der Waals surface area contributed by atoms with Crippen molar-refractivity contribution in [3.05, 3.63) is 59.7 Å². The maximum Gasteiger partial charge on any atom is 0.411 e. The highest BCUT2D eigenvalue weighted by atomic mass is 16.6. The fraction of sp³-hybridized carbons (Fsp3) is 0.333. The second-order valence-corrected chi connectivity index (χ2v) is 8.94. The van der Waals surface area contributed by atoms with E-state index in [2.05, 4.69) is 5.32 Å². The number of pyridine rings is 1. The molecule has 1 atom stereocenters. The fourth-order valence-corrected chi connectivity index (χ4v) is 4.29. The number of ether oxygens (including phenoxy) is 1. The first-order valence-corrected chi connectivity index (χ1v) is 12.0. The van der Waals surface area contributed by atoms with E-state index in [1.54, 1.807) is 17.0 Å². The Bertz CT molecular complexity index is 1290. The summed E-state index contributed by atoms with van der Waals surface area (Å²) in [5.41, 5.74) is 10.9. The van der Waals surface area contributed by atoms with Crippen molar-refractivity contribution in [1.82, 2.24) is 14.8 Å². The first kappa shape index (κ1) is 25.1. The summed E-state index contributed by atoms with van der Waals surface area (Å²) in [7, 11) is 0. The number of benzene rings is 2. The molecule has 2 aromatic carbocycles. The van der Waals surface area contributed by atoms with Gasteiger partial charge in [-0.3, -0.25) is 14.5 Å². The van der Waals surface area contributed by atoms with Crippen LogP contribution in [-0.4, -0.2) is 65.1 Å². The number of fused-ring (bicyclic) bond motifs is 1.